The van der Waals surface area contributed by atoms with Crippen LogP contribution in [0.15, 0.2) is 54.7 Å². The third-order valence-electron chi connectivity index (χ3n) is 8.89. The largest absolute Gasteiger partial charge is 0.455 e. The zero-order chi connectivity index (χ0) is 30.5. The summed E-state index contributed by atoms with van der Waals surface area (Å²) in [5.74, 6) is -1.11. The number of alkyl halides is 2. The van der Waals surface area contributed by atoms with Crippen LogP contribution in [0.25, 0.3) is 11.3 Å². The molecule has 43 heavy (non-hydrogen) atoms. The maximum atomic E-state index is 13.9. The van der Waals surface area contributed by atoms with Crippen molar-refractivity contribution in [2.24, 2.45) is 5.41 Å². The van der Waals surface area contributed by atoms with E-state index in [1.165, 1.54) is 18.4 Å². The first-order valence-electron chi connectivity index (χ1n) is 14.9. The van der Waals surface area contributed by atoms with Crippen molar-refractivity contribution < 1.29 is 23.1 Å². The molecule has 0 spiro atoms. The topological polar surface area (TPSA) is 96.5 Å². The lowest BCUT2D eigenvalue weighted by molar-refractivity contribution is -0.134. The molecule has 1 saturated carbocycles. The summed E-state index contributed by atoms with van der Waals surface area (Å²) in [6.07, 6.45) is 4.23. The Morgan fingerprint density at radius 1 is 1.07 bits per heavy atom. The minimum absolute atomic E-state index is 0.0395. The molecule has 10 heteroatoms. The Morgan fingerprint density at radius 3 is 2.47 bits per heavy atom. The van der Waals surface area contributed by atoms with E-state index in [0.717, 1.165) is 24.3 Å². The van der Waals surface area contributed by atoms with Crippen LogP contribution in [0.5, 0.6) is 11.5 Å². The van der Waals surface area contributed by atoms with Gasteiger partial charge in [0.05, 0.1) is 16.8 Å². The van der Waals surface area contributed by atoms with Crippen LogP contribution in [0.4, 0.5) is 14.6 Å². The molecule has 2 fully saturated rings. The van der Waals surface area contributed by atoms with Gasteiger partial charge in [-0.05, 0) is 88.8 Å². The minimum atomic E-state index is -2.78. The highest BCUT2D eigenvalue weighted by molar-refractivity contribution is 5.94. The predicted octanol–water partition coefficient (Wildman–Crippen LogP) is 6.32. The molecule has 228 valence electrons. The molecule has 0 bridgehead atoms. The summed E-state index contributed by atoms with van der Waals surface area (Å²) in [6.45, 7) is 4.26. The average Bonchev–Trinajstić information content (AvgIpc) is 3.00. The van der Waals surface area contributed by atoms with E-state index in [-0.39, 0.29) is 44.6 Å². The highest BCUT2D eigenvalue weighted by Crippen LogP contribution is 2.46. The summed E-state index contributed by atoms with van der Waals surface area (Å²) >= 11 is 0. The number of pyridine rings is 2. The standard InChI is InChI=1S/C33H39F2N5O3/c1-23-29(7-8-30(38-23)39-31(42)32(16-18-36-22-41)12-14-33(34,35)15-13-32)43-27-9-17-37-28(21-27)26-5-3-24(4-6-26)25-10-19-40(2)20-11-25/h3-9,17,21-22,25H,10-16,18-20H2,1-2H3,(H,36,41)(H,38,39,42). The van der Waals surface area contributed by atoms with Gasteiger partial charge in [-0.3, -0.25) is 14.6 Å². The summed E-state index contributed by atoms with van der Waals surface area (Å²) in [5.41, 5.74) is 2.73. The number of nitrogens with one attached hydrogen (secondary N) is 2. The third kappa shape index (κ3) is 7.54. The number of benzene rings is 1. The van der Waals surface area contributed by atoms with Gasteiger partial charge >= 0.3 is 0 Å². The molecule has 8 nitrogen and oxygen atoms in total. The number of ether oxygens (including phenoxy) is 1. The van der Waals surface area contributed by atoms with Crippen molar-refractivity contribution in [3.05, 3.63) is 66.0 Å². The summed E-state index contributed by atoms with van der Waals surface area (Å²) in [4.78, 5) is 35.5. The fraction of sp³-hybridized carbons (Fsp3) is 0.455. The Balaban J connectivity index is 1.24. The van der Waals surface area contributed by atoms with Crippen LogP contribution >= 0.6 is 0 Å². The van der Waals surface area contributed by atoms with Crippen molar-refractivity contribution in [3.63, 3.8) is 0 Å². The molecule has 1 aliphatic heterocycles. The highest BCUT2D eigenvalue weighted by atomic mass is 19.3. The zero-order valence-electron chi connectivity index (χ0n) is 24.7. The number of anilines is 1. The van der Waals surface area contributed by atoms with E-state index in [4.69, 9.17) is 4.74 Å². The first kappa shape index (κ1) is 30.5. The van der Waals surface area contributed by atoms with E-state index >= 15 is 0 Å². The van der Waals surface area contributed by atoms with Gasteiger partial charge in [0, 0.05) is 37.2 Å². The van der Waals surface area contributed by atoms with Gasteiger partial charge in [0.2, 0.25) is 18.2 Å². The van der Waals surface area contributed by atoms with Crippen molar-refractivity contribution in [2.75, 3.05) is 32.0 Å². The number of rotatable bonds is 10. The second kappa shape index (κ2) is 13.2. The Labute approximate surface area is 251 Å². The number of hydrogen-bond donors (Lipinski definition) is 2. The molecule has 2 amide bonds. The van der Waals surface area contributed by atoms with Crippen molar-refractivity contribution in [1.29, 1.82) is 0 Å². The Bertz CT molecular complexity index is 1410. The van der Waals surface area contributed by atoms with E-state index in [2.05, 4.69) is 56.8 Å². The molecule has 3 aromatic rings. The quantitative estimate of drug-likeness (QED) is 0.212. The van der Waals surface area contributed by atoms with Crippen molar-refractivity contribution in [1.82, 2.24) is 20.2 Å². The lowest BCUT2D eigenvalue weighted by Crippen LogP contribution is -2.44. The first-order chi connectivity index (χ1) is 20.7. The van der Waals surface area contributed by atoms with Crippen LogP contribution in [0, 0.1) is 12.3 Å². The van der Waals surface area contributed by atoms with Crippen LogP contribution < -0.4 is 15.4 Å². The number of halogens is 2. The Kier molecular flexibility index (Phi) is 9.34. The number of aromatic nitrogens is 2. The second-order valence-electron chi connectivity index (χ2n) is 11.9. The van der Waals surface area contributed by atoms with E-state index in [1.807, 2.05) is 6.07 Å². The van der Waals surface area contributed by atoms with Crippen LogP contribution in [-0.2, 0) is 9.59 Å². The van der Waals surface area contributed by atoms with Gasteiger partial charge in [-0.25, -0.2) is 13.8 Å². The van der Waals surface area contributed by atoms with E-state index in [0.29, 0.717) is 35.3 Å². The van der Waals surface area contributed by atoms with Gasteiger partial charge < -0.3 is 20.3 Å². The smallest absolute Gasteiger partial charge is 0.248 e. The van der Waals surface area contributed by atoms with E-state index < -0.39 is 11.3 Å². The molecule has 2 aliphatic rings. The molecule has 1 aliphatic carbocycles. The molecule has 2 N–H and O–H groups in total. The van der Waals surface area contributed by atoms with Gasteiger partial charge in [-0.15, -0.1) is 0 Å². The van der Waals surface area contributed by atoms with Crippen LogP contribution in [0.1, 0.15) is 62.1 Å². The van der Waals surface area contributed by atoms with Crippen molar-refractivity contribution in [2.45, 2.75) is 63.7 Å². The Hall–Kier alpha value is -3.92. The number of likely N-dealkylation sites (tertiary alicyclic amines) is 1. The molecule has 2 aromatic heterocycles. The SMILES string of the molecule is Cc1nc(NC(=O)C2(CCNC=O)CCC(F)(F)CC2)ccc1Oc1ccnc(-c2ccc(C3CCN(C)CC3)cc2)c1. The van der Waals surface area contributed by atoms with Gasteiger partial charge in [0.1, 0.15) is 17.3 Å². The summed E-state index contributed by atoms with van der Waals surface area (Å²) < 4.78 is 33.9. The number of amides is 2. The van der Waals surface area contributed by atoms with Gasteiger partial charge in [0.15, 0.2) is 0 Å². The van der Waals surface area contributed by atoms with Gasteiger partial charge in [-0.1, -0.05) is 24.3 Å². The number of carbonyl (C=O) groups is 2. The number of nitrogens with zero attached hydrogens (tertiary/aromatic N) is 3. The summed E-state index contributed by atoms with van der Waals surface area (Å²) in [6, 6.07) is 15.6. The average molecular weight is 592 g/mol. The van der Waals surface area contributed by atoms with Crippen molar-refractivity contribution >= 4 is 18.1 Å². The zero-order valence-corrected chi connectivity index (χ0v) is 24.7. The summed E-state index contributed by atoms with van der Waals surface area (Å²) in [5, 5.41) is 5.37. The Morgan fingerprint density at radius 2 is 1.79 bits per heavy atom. The lowest BCUT2D eigenvalue weighted by Gasteiger charge is -2.38. The number of carbonyl (C=O) groups excluding carboxylic acids is 2. The minimum Gasteiger partial charge on any atom is -0.455 e. The second-order valence-corrected chi connectivity index (χ2v) is 11.9. The number of piperidine rings is 1. The van der Waals surface area contributed by atoms with Crippen molar-refractivity contribution in [3.8, 4) is 22.8 Å². The first-order valence-corrected chi connectivity index (χ1v) is 14.9. The van der Waals surface area contributed by atoms with Crippen LogP contribution in [-0.4, -0.2) is 59.8 Å². The van der Waals surface area contributed by atoms with Gasteiger partial charge in [-0.2, -0.15) is 0 Å². The predicted molar refractivity (Wildman–Crippen MR) is 161 cm³/mol. The lowest BCUT2D eigenvalue weighted by atomic mass is 9.70. The fourth-order valence-corrected chi connectivity index (χ4v) is 6.06. The fourth-order valence-electron chi connectivity index (χ4n) is 6.06. The third-order valence-corrected chi connectivity index (χ3v) is 8.89. The van der Waals surface area contributed by atoms with Gasteiger partial charge in [0.25, 0.3) is 0 Å². The molecule has 1 aromatic carbocycles. The maximum Gasteiger partial charge on any atom is 0.248 e. The van der Waals surface area contributed by atoms with E-state index in [1.54, 1.807) is 31.3 Å². The van der Waals surface area contributed by atoms with Crippen LogP contribution in [0.2, 0.25) is 0 Å². The maximum absolute atomic E-state index is 13.9. The molecule has 0 unspecified atom stereocenters. The highest BCUT2D eigenvalue weighted by Gasteiger charge is 2.47. The molecular weight excluding hydrogens is 552 g/mol. The number of hydrogen-bond acceptors (Lipinski definition) is 6. The normalized spacial score (nSPS) is 18.5. The molecular formula is C33H39F2N5O3. The number of aryl methyl sites for hydroxylation is 1. The molecule has 3 heterocycles. The molecule has 5 rings (SSSR count). The van der Waals surface area contributed by atoms with E-state index in [9.17, 15) is 18.4 Å². The summed E-state index contributed by atoms with van der Waals surface area (Å²) in [7, 11) is 2.17. The molecule has 1 saturated heterocycles. The van der Waals surface area contributed by atoms with Crippen LogP contribution in [0.3, 0.4) is 0 Å². The monoisotopic (exact) mass is 591 g/mol. The molecule has 0 atom stereocenters. The molecule has 0 radical (unpaired) electrons.